The van der Waals surface area contributed by atoms with Gasteiger partial charge >= 0.3 is 5.63 Å². The predicted molar refractivity (Wildman–Crippen MR) is 66.5 cm³/mol. The van der Waals surface area contributed by atoms with Crippen LogP contribution in [0, 0.1) is 0 Å². The maximum Gasteiger partial charge on any atom is 0.337 e. The number of hydrogen-bond acceptors (Lipinski definition) is 4. The molecule has 5 heteroatoms. The second kappa shape index (κ2) is 3.73. The molecule has 1 N–H and O–H groups in total. The summed E-state index contributed by atoms with van der Waals surface area (Å²) in [7, 11) is 0. The Morgan fingerprint density at radius 1 is 1.50 bits per heavy atom. The molecule has 1 saturated carbocycles. The summed E-state index contributed by atoms with van der Waals surface area (Å²) in [6, 6.07) is 1.67. The first kappa shape index (κ1) is 11.1. The van der Waals surface area contributed by atoms with Crippen LogP contribution in [0.2, 0.25) is 0 Å². The monoisotopic (exact) mass is 246 g/mol. The van der Waals surface area contributed by atoms with Gasteiger partial charge in [-0.1, -0.05) is 13.5 Å². The Morgan fingerprint density at radius 2 is 2.22 bits per heavy atom. The van der Waals surface area contributed by atoms with Crippen molar-refractivity contribution in [2.45, 2.75) is 32.2 Å². The summed E-state index contributed by atoms with van der Waals surface area (Å²) in [5.41, 5.74) is 0.770. The van der Waals surface area contributed by atoms with Gasteiger partial charge in [-0.25, -0.2) is 4.79 Å². The van der Waals surface area contributed by atoms with E-state index in [1.807, 2.05) is 11.8 Å². The maximum absolute atomic E-state index is 12.0. The van der Waals surface area contributed by atoms with Crippen LogP contribution >= 0.6 is 0 Å². The number of nitrogens with zero attached hydrogens (tertiary/aromatic N) is 1. The topological polar surface area (TPSA) is 62.6 Å². The molecule has 1 aromatic rings. The molecule has 0 spiro atoms. The molecule has 0 saturated heterocycles. The average Bonchev–Trinajstić information content (AvgIpc) is 3.11. The van der Waals surface area contributed by atoms with Crippen LogP contribution in [-0.2, 0) is 6.42 Å². The molecular weight excluding hydrogens is 232 g/mol. The van der Waals surface area contributed by atoms with Gasteiger partial charge in [0.1, 0.15) is 11.4 Å². The minimum absolute atomic E-state index is 0.243. The number of anilines is 1. The van der Waals surface area contributed by atoms with E-state index in [1.54, 1.807) is 0 Å². The molecule has 0 unspecified atom stereocenters. The van der Waals surface area contributed by atoms with Crippen molar-refractivity contribution in [3.8, 4) is 0 Å². The third kappa shape index (κ3) is 1.54. The molecule has 5 nitrogen and oxygen atoms in total. The highest BCUT2D eigenvalue weighted by molar-refractivity contribution is 6.03. The zero-order valence-electron chi connectivity index (χ0n) is 10.2. The summed E-state index contributed by atoms with van der Waals surface area (Å²) in [6.45, 7) is 5.73. The largest absolute Gasteiger partial charge is 0.405 e. The van der Waals surface area contributed by atoms with Crippen molar-refractivity contribution in [1.82, 2.24) is 5.32 Å². The summed E-state index contributed by atoms with van der Waals surface area (Å²) in [6.07, 6.45) is 2.66. The first-order chi connectivity index (χ1) is 8.61. The van der Waals surface area contributed by atoms with Gasteiger partial charge in [0.15, 0.2) is 0 Å². The smallest absolute Gasteiger partial charge is 0.337 e. The molecule has 1 aromatic heterocycles. The van der Waals surface area contributed by atoms with Crippen molar-refractivity contribution < 1.29 is 9.21 Å². The lowest BCUT2D eigenvalue weighted by Gasteiger charge is -2.31. The third-order valence-electron chi connectivity index (χ3n) is 3.31. The normalized spacial score (nSPS) is 18.6. The summed E-state index contributed by atoms with van der Waals surface area (Å²) in [5.74, 6) is 0.606. The lowest BCUT2D eigenvalue weighted by Crippen LogP contribution is -2.43. The van der Waals surface area contributed by atoms with Crippen molar-refractivity contribution in [3.05, 3.63) is 40.0 Å². The molecule has 1 aliphatic carbocycles. The Labute approximate surface area is 104 Å². The molecule has 0 bridgehead atoms. The Kier molecular flexibility index (Phi) is 2.29. The number of hydrogen-bond donors (Lipinski definition) is 1. The highest BCUT2D eigenvalue weighted by Crippen LogP contribution is 2.38. The standard InChI is InChI=1S/C13H14N2O3/c1-3-8-6-10(16)18-13-11(8)12(17)14-7(2)15(13)9-4-5-9/h6,9H,2-5H2,1H3,(H,14,17). The molecule has 1 amide bonds. The molecule has 1 fully saturated rings. The average molecular weight is 246 g/mol. The van der Waals surface area contributed by atoms with Gasteiger partial charge in [0.05, 0.1) is 0 Å². The molecule has 18 heavy (non-hydrogen) atoms. The lowest BCUT2D eigenvalue weighted by atomic mass is 10.0. The fourth-order valence-electron chi connectivity index (χ4n) is 2.31. The van der Waals surface area contributed by atoms with Crippen molar-refractivity contribution >= 4 is 11.8 Å². The summed E-state index contributed by atoms with van der Waals surface area (Å²) < 4.78 is 5.25. The van der Waals surface area contributed by atoms with E-state index < -0.39 is 5.63 Å². The molecule has 3 rings (SSSR count). The van der Waals surface area contributed by atoms with E-state index in [4.69, 9.17) is 4.42 Å². The fraction of sp³-hybridized carbons (Fsp3) is 0.385. The van der Waals surface area contributed by atoms with Crippen LogP contribution in [0.15, 0.2) is 27.7 Å². The SMILES string of the molecule is C=C1NC(=O)c2c(CC)cc(=O)oc2N1C1CC1. The third-order valence-corrected chi connectivity index (χ3v) is 3.31. The van der Waals surface area contributed by atoms with E-state index in [0.717, 1.165) is 18.4 Å². The van der Waals surface area contributed by atoms with Gasteiger partial charge in [-0.15, -0.1) is 0 Å². The number of rotatable bonds is 2. The van der Waals surface area contributed by atoms with Crippen molar-refractivity contribution in [1.29, 1.82) is 0 Å². The van der Waals surface area contributed by atoms with Crippen LogP contribution < -0.4 is 15.8 Å². The molecule has 2 aliphatic rings. The predicted octanol–water partition coefficient (Wildman–Crippen LogP) is 1.39. The highest BCUT2D eigenvalue weighted by Gasteiger charge is 2.39. The van der Waals surface area contributed by atoms with Crippen LogP contribution in [0.1, 0.15) is 35.7 Å². The van der Waals surface area contributed by atoms with Crippen LogP contribution in [-0.4, -0.2) is 11.9 Å². The number of carbonyl (C=O) groups is 1. The first-order valence-electron chi connectivity index (χ1n) is 6.08. The number of fused-ring (bicyclic) bond motifs is 1. The van der Waals surface area contributed by atoms with E-state index >= 15 is 0 Å². The second-order valence-electron chi connectivity index (χ2n) is 4.63. The van der Waals surface area contributed by atoms with Gasteiger partial charge in [0.25, 0.3) is 5.91 Å². The van der Waals surface area contributed by atoms with E-state index in [9.17, 15) is 9.59 Å². The first-order valence-corrected chi connectivity index (χ1v) is 6.08. The fourth-order valence-corrected chi connectivity index (χ4v) is 2.31. The molecule has 2 heterocycles. The van der Waals surface area contributed by atoms with Gasteiger partial charge in [0, 0.05) is 12.1 Å². The van der Waals surface area contributed by atoms with E-state index in [1.165, 1.54) is 6.07 Å². The molecule has 0 radical (unpaired) electrons. The summed E-state index contributed by atoms with van der Waals surface area (Å²) >= 11 is 0. The number of nitrogens with one attached hydrogen (secondary N) is 1. The van der Waals surface area contributed by atoms with Crippen molar-refractivity contribution in [2.24, 2.45) is 0 Å². The quantitative estimate of drug-likeness (QED) is 0.856. The van der Waals surface area contributed by atoms with Crippen LogP contribution in [0.5, 0.6) is 0 Å². The lowest BCUT2D eigenvalue weighted by molar-refractivity contribution is 0.0956. The van der Waals surface area contributed by atoms with Gasteiger partial charge in [0.2, 0.25) is 5.88 Å². The second-order valence-corrected chi connectivity index (χ2v) is 4.63. The Bertz CT molecular complexity index is 599. The maximum atomic E-state index is 12.0. The van der Waals surface area contributed by atoms with Gasteiger partial charge < -0.3 is 9.73 Å². The zero-order valence-corrected chi connectivity index (χ0v) is 10.2. The number of carbonyl (C=O) groups excluding carboxylic acids is 1. The van der Waals surface area contributed by atoms with E-state index in [0.29, 0.717) is 23.7 Å². The Morgan fingerprint density at radius 3 is 2.83 bits per heavy atom. The number of amides is 1. The summed E-state index contributed by atoms with van der Waals surface area (Å²) in [4.78, 5) is 25.4. The summed E-state index contributed by atoms with van der Waals surface area (Å²) in [5, 5.41) is 2.73. The van der Waals surface area contributed by atoms with Gasteiger partial charge in [-0.3, -0.25) is 9.69 Å². The molecule has 1 aliphatic heterocycles. The molecule has 94 valence electrons. The number of aryl methyl sites for hydroxylation is 1. The molecule has 0 aromatic carbocycles. The zero-order chi connectivity index (χ0) is 12.9. The Balaban J connectivity index is 2.24. The molecule has 0 atom stereocenters. The van der Waals surface area contributed by atoms with Crippen LogP contribution in [0.4, 0.5) is 5.88 Å². The highest BCUT2D eigenvalue weighted by atomic mass is 16.4. The van der Waals surface area contributed by atoms with Gasteiger partial charge in [-0.2, -0.15) is 0 Å². The Hall–Kier alpha value is -2.04. The minimum atomic E-state index is -0.418. The van der Waals surface area contributed by atoms with Crippen LogP contribution in [0.3, 0.4) is 0 Å². The van der Waals surface area contributed by atoms with E-state index in [2.05, 4.69) is 11.9 Å². The molecular formula is C13H14N2O3. The van der Waals surface area contributed by atoms with Crippen molar-refractivity contribution in [3.63, 3.8) is 0 Å². The van der Waals surface area contributed by atoms with Crippen molar-refractivity contribution in [2.75, 3.05) is 4.90 Å². The van der Waals surface area contributed by atoms with Gasteiger partial charge in [-0.05, 0) is 24.8 Å². The minimum Gasteiger partial charge on any atom is -0.405 e. The van der Waals surface area contributed by atoms with E-state index in [-0.39, 0.29) is 11.9 Å². The van der Waals surface area contributed by atoms with Crippen LogP contribution in [0.25, 0.3) is 0 Å².